The maximum Gasteiger partial charge on any atom is 0.313 e. The predicted molar refractivity (Wildman–Crippen MR) is 92.6 cm³/mol. The first-order valence-electron chi connectivity index (χ1n) is 7.68. The number of carboxylic acid groups (broad SMARTS) is 1. The monoisotopic (exact) mass is 313 g/mol. The van der Waals surface area contributed by atoms with Crippen molar-refractivity contribution in [3.63, 3.8) is 0 Å². The highest BCUT2D eigenvalue weighted by Crippen LogP contribution is 2.34. The summed E-state index contributed by atoms with van der Waals surface area (Å²) in [5.74, 6) is -0.121. The molecule has 2 aromatic rings. The first kappa shape index (κ1) is 16.9. The van der Waals surface area contributed by atoms with Crippen LogP contribution in [0.2, 0.25) is 0 Å². The summed E-state index contributed by atoms with van der Waals surface area (Å²) in [6.45, 7) is 7.34. The number of nitrogens with one attached hydrogen (secondary N) is 1. The van der Waals surface area contributed by atoms with Crippen LogP contribution >= 0.6 is 0 Å². The number of rotatable bonds is 6. The summed E-state index contributed by atoms with van der Waals surface area (Å²) in [5, 5.41) is 12.8. The largest absolute Gasteiger partial charge is 0.489 e. The molecule has 122 valence electrons. The molecular formula is C19H23NO3. The molecule has 0 aliphatic carbocycles. The van der Waals surface area contributed by atoms with E-state index in [2.05, 4.69) is 5.32 Å². The van der Waals surface area contributed by atoms with E-state index in [4.69, 9.17) is 4.74 Å². The van der Waals surface area contributed by atoms with E-state index in [1.54, 1.807) is 13.8 Å². The molecule has 0 atom stereocenters. The van der Waals surface area contributed by atoms with Crippen LogP contribution < -0.4 is 10.1 Å². The Bertz CT molecular complexity index is 693. The highest BCUT2D eigenvalue weighted by atomic mass is 16.5. The molecule has 2 N–H and O–H groups in total. The van der Waals surface area contributed by atoms with E-state index >= 15 is 0 Å². The van der Waals surface area contributed by atoms with Crippen molar-refractivity contribution in [3.8, 4) is 5.75 Å². The Morgan fingerprint density at radius 3 is 2.22 bits per heavy atom. The third-order valence-corrected chi connectivity index (χ3v) is 3.65. The van der Waals surface area contributed by atoms with E-state index in [9.17, 15) is 9.90 Å². The molecule has 0 heterocycles. The highest BCUT2D eigenvalue weighted by molar-refractivity contribution is 5.84. The van der Waals surface area contributed by atoms with Crippen LogP contribution in [0.4, 0.5) is 11.4 Å². The third kappa shape index (κ3) is 3.83. The van der Waals surface area contributed by atoms with Crippen molar-refractivity contribution in [2.24, 2.45) is 0 Å². The van der Waals surface area contributed by atoms with Gasteiger partial charge in [-0.25, -0.2) is 0 Å². The second kappa shape index (κ2) is 6.73. The molecule has 0 aliphatic heterocycles. The molecule has 0 bridgehead atoms. The van der Waals surface area contributed by atoms with Gasteiger partial charge in [-0.15, -0.1) is 0 Å². The van der Waals surface area contributed by atoms with Gasteiger partial charge in [0.1, 0.15) is 5.75 Å². The molecular weight excluding hydrogens is 290 g/mol. The maximum absolute atomic E-state index is 11.6. The number of carboxylic acids is 1. The van der Waals surface area contributed by atoms with Crippen LogP contribution in [0.1, 0.15) is 33.3 Å². The third-order valence-electron chi connectivity index (χ3n) is 3.65. The van der Waals surface area contributed by atoms with Gasteiger partial charge < -0.3 is 15.2 Å². The second-order valence-corrected chi connectivity index (χ2v) is 6.26. The van der Waals surface area contributed by atoms with Crippen LogP contribution in [0, 0.1) is 0 Å². The molecule has 0 saturated carbocycles. The molecule has 0 saturated heterocycles. The standard InChI is InChI=1S/C19H23NO3/c1-13(2)23-17-12-8-7-11-16(17)20-15-10-6-5-9-14(15)19(3,4)18(21)22/h5-13,20H,1-4H3,(H,21,22). The van der Waals surface area contributed by atoms with Crippen LogP contribution in [0.25, 0.3) is 0 Å². The van der Waals surface area contributed by atoms with Crippen molar-refractivity contribution in [2.75, 3.05) is 5.32 Å². The highest BCUT2D eigenvalue weighted by Gasteiger charge is 2.31. The molecule has 4 nitrogen and oxygen atoms in total. The molecule has 0 unspecified atom stereocenters. The topological polar surface area (TPSA) is 58.6 Å². The summed E-state index contributed by atoms with van der Waals surface area (Å²) in [7, 11) is 0. The summed E-state index contributed by atoms with van der Waals surface area (Å²) >= 11 is 0. The van der Waals surface area contributed by atoms with Gasteiger partial charge >= 0.3 is 5.97 Å². The summed E-state index contributed by atoms with van der Waals surface area (Å²) < 4.78 is 5.81. The number of anilines is 2. The zero-order valence-electron chi connectivity index (χ0n) is 14.0. The molecule has 23 heavy (non-hydrogen) atoms. The number of carbonyl (C=O) groups is 1. The van der Waals surface area contributed by atoms with Gasteiger partial charge in [-0.2, -0.15) is 0 Å². The van der Waals surface area contributed by atoms with Gasteiger partial charge in [-0.1, -0.05) is 30.3 Å². The van der Waals surface area contributed by atoms with Gasteiger partial charge in [-0.3, -0.25) is 4.79 Å². The van der Waals surface area contributed by atoms with Crippen molar-refractivity contribution >= 4 is 17.3 Å². The van der Waals surface area contributed by atoms with Crippen molar-refractivity contribution in [1.29, 1.82) is 0 Å². The van der Waals surface area contributed by atoms with E-state index in [0.717, 1.165) is 22.7 Å². The minimum Gasteiger partial charge on any atom is -0.489 e. The molecule has 2 aromatic carbocycles. The van der Waals surface area contributed by atoms with Crippen molar-refractivity contribution in [1.82, 2.24) is 0 Å². The Balaban J connectivity index is 2.41. The number of benzene rings is 2. The molecule has 0 spiro atoms. The Morgan fingerprint density at radius 2 is 1.61 bits per heavy atom. The number of hydrogen-bond acceptors (Lipinski definition) is 3. The van der Waals surface area contributed by atoms with Gasteiger partial charge in [0, 0.05) is 5.69 Å². The fourth-order valence-corrected chi connectivity index (χ4v) is 2.32. The first-order valence-corrected chi connectivity index (χ1v) is 7.68. The summed E-state index contributed by atoms with van der Waals surface area (Å²) in [6, 6.07) is 15.1. The predicted octanol–water partition coefficient (Wildman–Crippen LogP) is 4.58. The zero-order valence-corrected chi connectivity index (χ0v) is 14.0. The maximum atomic E-state index is 11.6. The lowest BCUT2D eigenvalue weighted by atomic mass is 9.83. The van der Waals surface area contributed by atoms with E-state index in [-0.39, 0.29) is 6.10 Å². The lowest BCUT2D eigenvalue weighted by Gasteiger charge is -2.24. The fourth-order valence-electron chi connectivity index (χ4n) is 2.32. The van der Waals surface area contributed by atoms with Crippen molar-refractivity contribution < 1.29 is 14.6 Å². The summed E-state index contributed by atoms with van der Waals surface area (Å²) in [6.07, 6.45) is 0.0589. The van der Waals surface area contributed by atoms with E-state index < -0.39 is 11.4 Å². The number of hydrogen-bond donors (Lipinski definition) is 2. The first-order chi connectivity index (χ1) is 10.8. The molecule has 2 rings (SSSR count). The van der Waals surface area contributed by atoms with Gasteiger partial charge in [0.05, 0.1) is 17.2 Å². The second-order valence-electron chi connectivity index (χ2n) is 6.26. The van der Waals surface area contributed by atoms with Crippen LogP contribution in [0.5, 0.6) is 5.75 Å². The van der Waals surface area contributed by atoms with Gasteiger partial charge in [-0.05, 0) is 51.5 Å². The van der Waals surface area contributed by atoms with Crippen molar-refractivity contribution in [2.45, 2.75) is 39.2 Å². The Morgan fingerprint density at radius 1 is 1.04 bits per heavy atom. The van der Waals surface area contributed by atoms with E-state index in [1.165, 1.54) is 0 Å². The quantitative estimate of drug-likeness (QED) is 0.819. The minimum absolute atomic E-state index is 0.0589. The lowest BCUT2D eigenvalue weighted by molar-refractivity contribution is -0.142. The van der Waals surface area contributed by atoms with Crippen molar-refractivity contribution in [3.05, 3.63) is 54.1 Å². The zero-order chi connectivity index (χ0) is 17.0. The lowest BCUT2D eigenvalue weighted by Crippen LogP contribution is -2.29. The number of para-hydroxylation sites is 3. The Kier molecular flexibility index (Phi) is 4.94. The normalized spacial score (nSPS) is 11.3. The SMILES string of the molecule is CC(C)Oc1ccccc1Nc1ccccc1C(C)(C)C(=O)O. The molecule has 0 amide bonds. The van der Waals surface area contributed by atoms with Gasteiger partial charge in [0.15, 0.2) is 0 Å². The number of aliphatic carboxylic acids is 1. The van der Waals surface area contributed by atoms with Crippen LogP contribution in [0.15, 0.2) is 48.5 Å². The number of ether oxygens (including phenoxy) is 1. The van der Waals surface area contributed by atoms with Crippen LogP contribution in [-0.4, -0.2) is 17.2 Å². The summed E-state index contributed by atoms with van der Waals surface area (Å²) in [4.78, 5) is 11.6. The molecule has 4 heteroatoms. The molecule has 0 aliphatic rings. The smallest absolute Gasteiger partial charge is 0.313 e. The Labute approximate surface area is 137 Å². The van der Waals surface area contributed by atoms with Crippen LogP contribution in [0.3, 0.4) is 0 Å². The molecule has 0 radical (unpaired) electrons. The summed E-state index contributed by atoms with van der Waals surface area (Å²) in [5.41, 5.74) is 1.32. The van der Waals surface area contributed by atoms with Gasteiger partial charge in [0.2, 0.25) is 0 Å². The average Bonchev–Trinajstić information content (AvgIpc) is 2.49. The van der Waals surface area contributed by atoms with E-state index in [1.807, 2.05) is 62.4 Å². The average molecular weight is 313 g/mol. The fraction of sp³-hybridized carbons (Fsp3) is 0.316. The van der Waals surface area contributed by atoms with Gasteiger partial charge in [0.25, 0.3) is 0 Å². The van der Waals surface area contributed by atoms with E-state index in [0.29, 0.717) is 0 Å². The Hall–Kier alpha value is -2.49. The molecule has 0 fully saturated rings. The molecule has 0 aromatic heterocycles. The van der Waals surface area contributed by atoms with Crippen LogP contribution in [-0.2, 0) is 10.2 Å². The minimum atomic E-state index is -0.989.